The Morgan fingerprint density at radius 3 is 2.71 bits per heavy atom. The first-order chi connectivity index (χ1) is 18.5. The maximum Gasteiger partial charge on any atom is 0.161 e. The number of fused-ring (bicyclic) bond motifs is 1. The Morgan fingerprint density at radius 2 is 1.97 bits per heavy atom. The third-order valence-corrected chi connectivity index (χ3v) is 7.15. The molecule has 0 saturated carbocycles. The molecule has 38 heavy (non-hydrogen) atoms. The van der Waals surface area contributed by atoms with Gasteiger partial charge in [-0.15, -0.1) is 0 Å². The van der Waals surface area contributed by atoms with Crippen molar-refractivity contribution in [2.24, 2.45) is 0 Å². The first kappa shape index (κ1) is 25.7. The fraction of sp³-hybridized carbons (Fsp3) is 0.333. The Kier molecular flexibility index (Phi) is 7.61. The van der Waals surface area contributed by atoms with Crippen LogP contribution >= 0.6 is 0 Å². The number of nitrogens with one attached hydrogen (secondary N) is 1. The molecule has 0 bridgehead atoms. The van der Waals surface area contributed by atoms with Crippen molar-refractivity contribution in [3.63, 3.8) is 0 Å². The van der Waals surface area contributed by atoms with Crippen LogP contribution in [0.3, 0.4) is 0 Å². The van der Waals surface area contributed by atoms with Gasteiger partial charge in [-0.25, -0.2) is 0 Å². The van der Waals surface area contributed by atoms with Crippen LogP contribution in [-0.2, 0) is 4.74 Å². The van der Waals surface area contributed by atoms with Gasteiger partial charge < -0.3 is 24.3 Å². The van der Waals surface area contributed by atoms with Crippen LogP contribution in [0.5, 0.6) is 5.75 Å². The van der Waals surface area contributed by atoms with Gasteiger partial charge in [-0.2, -0.15) is 5.26 Å². The highest BCUT2D eigenvalue weighted by atomic mass is 16.5. The number of benzene rings is 2. The first-order valence-corrected chi connectivity index (χ1v) is 12.9. The SMILES string of the molecule is CCN(C)C(O)c1ccc(-c2cc3nccc(-c4ccc(NC5CCOCC5)c(C#N)c4)c3o2)c(OC)c1. The molecule has 0 radical (unpaired) electrons. The number of anilines is 1. The molecule has 2 N–H and O–H groups in total. The van der Waals surface area contributed by atoms with Crippen LogP contribution in [0.25, 0.3) is 33.6 Å². The number of nitriles is 1. The molecule has 2 aromatic carbocycles. The summed E-state index contributed by atoms with van der Waals surface area (Å²) >= 11 is 0. The molecule has 1 saturated heterocycles. The molecule has 3 heterocycles. The van der Waals surface area contributed by atoms with Crippen molar-refractivity contribution in [1.82, 2.24) is 9.88 Å². The Labute approximate surface area is 222 Å². The second kappa shape index (κ2) is 11.2. The summed E-state index contributed by atoms with van der Waals surface area (Å²) in [6.45, 7) is 4.17. The lowest BCUT2D eigenvalue weighted by atomic mass is 10.0. The summed E-state index contributed by atoms with van der Waals surface area (Å²) in [7, 11) is 3.47. The van der Waals surface area contributed by atoms with Gasteiger partial charge in [-0.3, -0.25) is 9.88 Å². The topological polar surface area (TPSA) is 104 Å². The molecule has 1 atom stereocenters. The Hall–Kier alpha value is -3.90. The van der Waals surface area contributed by atoms with Crippen LogP contribution in [-0.4, -0.2) is 54.9 Å². The molecule has 1 fully saturated rings. The summed E-state index contributed by atoms with van der Waals surface area (Å²) in [4.78, 5) is 6.36. The maximum absolute atomic E-state index is 10.6. The molecular weight excluding hydrogens is 480 g/mol. The summed E-state index contributed by atoms with van der Waals surface area (Å²) < 4.78 is 17.5. The molecule has 0 spiro atoms. The van der Waals surface area contributed by atoms with E-state index >= 15 is 0 Å². The lowest BCUT2D eigenvalue weighted by Gasteiger charge is -2.24. The highest BCUT2D eigenvalue weighted by molar-refractivity contribution is 5.93. The maximum atomic E-state index is 10.6. The Bertz CT molecular complexity index is 1470. The molecule has 5 rings (SSSR count). The molecule has 196 valence electrons. The summed E-state index contributed by atoms with van der Waals surface area (Å²) in [6, 6.07) is 17.9. The number of rotatable bonds is 8. The van der Waals surface area contributed by atoms with E-state index in [9.17, 15) is 10.4 Å². The van der Waals surface area contributed by atoms with Gasteiger partial charge in [0.2, 0.25) is 0 Å². The van der Waals surface area contributed by atoms with E-state index in [0.29, 0.717) is 40.8 Å². The number of nitrogens with zero attached hydrogens (tertiary/aromatic N) is 3. The number of aliphatic hydroxyl groups excluding tert-OH is 1. The third kappa shape index (κ3) is 5.09. The summed E-state index contributed by atoms with van der Waals surface area (Å²) in [5.41, 5.74) is 5.98. The molecule has 1 unspecified atom stereocenters. The number of aromatic nitrogens is 1. The zero-order chi connectivity index (χ0) is 26.6. The zero-order valence-electron chi connectivity index (χ0n) is 21.9. The summed E-state index contributed by atoms with van der Waals surface area (Å²) in [5.74, 6) is 1.21. The van der Waals surface area contributed by atoms with Gasteiger partial charge >= 0.3 is 0 Å². The first-order valence-electron chi connectivity index (χ1n) is 12.9. The second-order valence-corrected chi connectivity index (χ2v) is 9.49. The minimum atomic E-state index is -0.731. The van der Waals surface area contributed by atoms with Gasteiger partial charge in [0.15, 0.2) is 5.58 Å². The number of hydrogen-bond acceptors (Lipinski definition) is 8. The van der Waals surface area contributed by atoms with Crippen molar-refractivity contribution < 1.29 is 19.0 Å². The minimum absolute atomic E-state index is 0.298. The molecule has 8 nitrogen and oxygen atoms in total. The lowest BCUT2D eigenvalue weighted by Crippen LogP contribution is -2.28. The smallest absolute Gasteiger partial charge is 0.161 e. The van der Waals surface area contributed by atoms with E-state index in [4.69, 9.17) is 13.9 Å². The minimum Gasteiger partial charge on any atom is -0.496 e. The average molecular weight is 513 g/mol. The van der Waals surface area contributed by atoms with Gasteiger partial charge in [0, 0.05) is 37.1 Å². The predicted octanol–water partition coefficient (Wildman–Crippen LogP) is 5.58. The number of ether oxygens (including phenoxy) is 2. The van der Waals surface area contributed by atoms with Gasteiger partial charge in [-0.1, -0.05) is 19.1 Å². The van der Waals surface area contributed by atoms with E-state index in [2.05, 4.69) is 16.4 Å². The molecule has 2 aromatic heterocycles. The van der Waals surface area contributed by atoms with Crippen molar-refractivity contribution in [1.29, 1.82) is 5.26 Å². The van der Waals surface area contributed by atoms with E-state index in [-0.39, 0.29) is 0 Å². The Morgan fingerprint density at radius 1 is 1.16 bits per heavy atom. The van der Waals surface area contributed by atoms with Crippen molar-refractivity contribution in [3.05, 3.63) is 65.9 Å². The van der Waals surface area contributed by atoms with Crippen LogP contribution in [0.1, 0.15) is 37.1 Å². The number of methoxy groups -OCH3 is 1. The number of hydrogen-bond donors (Lipinski definition) is 2. The fourth-order valence-corrected chi connectivity index (χ4v) is 4.79. The quantitative estimate of drug-likeness (QED) is 0.295. The average Bonchev–Trinajstić information content (AvgIpc) is 3.41. The normalized spacial score (nSPS) is 14.9. The number of furan rings is 1. The van der Waals surface area contributed by atoms with Gasteiger partial charge in [0.25, 0.3) is 0 Å². The zero-order valence-corrected chi connectivity index (χ0v) is 21.9. The van der Waals surface area contributed by atoms with Crippen LogP contribution in [0.2, 0.25) is 0 Å². The standard InChI is InChI=1S/C30H32N4O4/c1-4-34(2)30(35)20-5-7-24(27(16-20)36-3)28-17-26-29(38-28)23(9-12-32-26)19-6-8-25(21(15-19)18-31)33-22-10-13-37-14-11-22/h5-9,12,15-17,22,30,33,35H,4,10-11,13-14H2,1-3H3. The highest BCUT2D eigenvalue weighted by Crippen LogP contribution is 2.39. The third-order valence-electron chi connectivity index (χ3n) is 7.15. The van der Waals surface area contributed by atoms with E-state index in [0.717, 1.165) is 54.0 Å². The van der Waals surface area contributed by atoms with E-state index < -0.39 is 6.23 Å². The fourth-order valence-electron chi connectivity index (χ4n) is 4.79. The molecular formula is C30H32N4O4. The molecule has 1 aliphatic heterocycles. The van der Waals surface area contributed by atoms with Crippen LogP contribution < -0.4 is 10.1 Å². The Balaban J connectivity index is 1.49. The molecule has 0 amide bonds. The highest BCUT2D eigenvalue weighted by Gasteiger charge is 2.20. The van der Waals surface area contributed by atoms with Crippen molar-refractivity contribution in [3.8, 4) is 34.3 Å². The molecule has 4 aromatic rings. The lowest BCUT2D eigenvalue weighted by molar-refractivity contribution is 0.0244. The largest absolute Gasteiger partial charge is 0.496 e. The summed E-state index contributed by atoms with van der Waals surface area (Å²) in [6.07, 6.45) is 2.86. The van der Waals surface area contributed by atoms with E-state index in [1.165, 1.54) is 0 Å². The predicted molar refractivity (Wildman–Crippen MR) is 147 cm³/mol. The van der Waals surface area contributed by atoms with Crippen molar-refractivity contribution >= 4 is 16.8 Å². The number of pyridine rings is 1. The van der Waals surface area contributed by atoms with Crippen LogP contribution in [0.4, 0.5) is 5.69 Å². The number of aliphatic hydroxyl groups is 1. The van der Waals surface area contributed by atoms with Crippen molar-refractivity contribution in [2.45, 2.75) is 32.0 Å². The van der Waals surface area contributed by atoms with Crippen LogP contribution in [0.15, 0.2) is 59.1 Å². The van der Waals surface area contributed by atoms with E-state index in [1.807, 2.05) is 67.4 Å². The summed E-state index contributed by atoms with van der Waals surface area (Å²) in [5, 5.41) is 24.0. The molecule has 0 aliphatic carbocycles. The van der Waals surface area contributed by atoms with Gasteiger partial charge in [0.1, 0.15) is 29.3 Å². The molecule has 8 heteroatoms. The van der Waals surface area contributed by atoms with Crippen molar-refractivity contribution in [2.75, 3.05) is 39.2 Å². The van der Waals surface area contributed by atoms with Gasteiger partial charge in [-0.05, 0) is 67.9 Å². The van der Waals surface area contributed by atoms with E-state index in [1.54, 1.807) is 13.3 Å². The molecule has 1 aliphatic rings. The second-order valence-electron chi connectivity index (χ2n) is 9.49. The monoisotopic (exact) mass is 512 g/mol. The van der Waals surface area contributed by atoms with Gasteiger partial charge in [0.05, 0.1) is 23.9 Å². The van der Waals surface area contributed by atoms with Crippen LogP contribution in [0, 0.1) is 11.3 Å².